The number of aryl methyl sites for hydroxylation is 1. The van der Waals surface area contributed by atoms with E-state index in [1.54, 1.807) is 13.0 Å². The third-order valence-electron chi connectivity index (χ3n) is 5.14. The summed E-state index contributed by atoms with van der Waals surface area (Å²) in [6.07, 6.45) is 3.58. The Balaban J connectivity index is 1.65. The van der Waals surface area contributed by atoms with Crippen molar-refractivity contribution in [2.75, 3.05) is 0 Å². The van der Waals surface area contributed by atoms with E-state index in [1.165, 1.54) is 25.3 Å². The lowest BCUT2D eigenvalue weighted by atomic mass is 9.85. The van der Waals surface area contributed by atoms with Crippen molar-refractivity contribution in [1.82, 2.24) is 10.1 Å². The van der Waals surface area contributed by atoms with Crippen molar-refractivity contribution in [3.8, 4) is 11.4 Å². The molecule has 21 heavy (non-hydrogen) atoms. The van der Waals surface area contributed by atoms with Crippen LogP contribution < -0.4 is 5.73 Å². The van der Waals surface area contributed by atoms with Crippen molar-refractivity contribution in [2.24, 2.45) is 17.6 Å². The molecule has 4 unspecified atom stereocenters. The second-order valence-corrected chi connectivity index (χ2v) is 6.36. The van der Waals surface area contributed by atoms with E-state index in [9.17, 15) is 4.39 Å². The molecule has 2 bridgehead atoms. The number of hydrogen-bond donors (Lipinski definition) is 1. The topological polar surface area (TPSA) is 64.9 Å². The van der Waals surface area contributed by atoms with Gasteiger partial charge in [0.05, 0.1) is 5.92 Å². The number of hydrogen-bond acceptors (Lipinski definition) is 4. The molecule has 4 nitrogen and oxygen atoms in total. The van der Waals surface area contributed by atoms with Gasteiger partial charge in [0, 0.05) is 11.6 Å². The molecule has 2 aromatic rings. The molecule has 110 valence electrons. The van der Waals surface area contributed by atoms with Gasteiger partial charge in [-0.25, -0.2) is 4.39 Å². The van der Waals surface area contributed by atoms with E-state index in [0.29, 0.717) is 34.7 Å². The molecule has 2 N–H and O–H groups in total. The van der Waals surface area contributed by atoms with Gasteiger partial charge in [0.15, 0.2) is 0 Å². The van der Waals surface area contributed by atoms with E-state index in [-0.39, 0.29) is 17.8 Å². The predicted octanol–water partition coefficient (Wildman–Crippen LogP) is 3.02. The molecular formula is C16H18FN3O. The highest BCUT2D eigenvalue weighted by molar-refractivity contribution is 5.55. The maximum Gasteiger partial charge on any atom is 0.231 e. The van der Waals surface area contributed by atoms with E-state index in [2.05, 4.69) is 10.1 Å². The molecule has 1 aromatic heterocycles. The Morgan fingerprint density at radius 1 is 1.29 bits per heavy atom. The summed E-state index contributed by atoms with van der Waals surface area (Å²) in [6, 6.07) is 5.11. The standard InChI is InChI=1S/C16H18FN3O/c1-8-2-3-11(7-12(8)17)15-19-16(21-20-15)13-9-4-5-10(6-9)14(13)18/h2-3,7,9-10,13-14H,4-6,18H2,1H3. The summed E-state index contributed by atoms with van der Waals surface area (Å²) in [5, 5.41) is 4.01. The second-order valence-electron chi connectivity index (χ2n) is 6.36. The minimum Gasteiger partial charge on any atom is -0.339 e. The summed E-state index contributed by atoms with van der Waals surface area (Å²) in [5.41, 5.74) is 7.55. The fourth-order valence-electron chi connectivity index (χ4n) is 3.92. The predicted molar refractivity (Wildman–Crippen MR) is 76.0 cm³/mol. The number of rotatable bonds is 2. The van der Waals surface area contributed by atoms with E-state index in [1.807, 2.05) is 6.07 Å². The minimum atomic E-state index is -0.254. The Morgan fingerprint density at radius 2 is 2.10 bits per heavy atom. The fraction of sp³-hybridized carbons (Fsp3) is 0.500. The van der Waals surface area contributed by atoms with Crippen LogP contribution in [0.25, 0.3) is 11.4 Å². The molecule has 0 amide bonds. The number of nitrogens with two attached hydrogens (primary N) is 1. The van der Waals surface area contributed by atoms with Crippen LogP contribution in [-0.4, -0.2) is 16.2 Å². The number of fused-ring (bicyclic) bond motifs is 2. The SMILES string of the molecule is Cc1ccc(-c2noc(C3C4CCC(C4)C3N)n2)cc1F. The molecule has 1 aromatic carbocycles. The van der Waals surface area contributed by atoms with Crippen molar-refractivity contribution in [3.05, 3.63) is 35.5 Å². The highest BCUT2D eigenvalue weighted by Crippen LogP contribution is 2.51. The average Bonchev–Trinajstić information content (AvgIpc) is 3.16. The zero-order chi connectivity index (χ0) is 14.6. The summed E-state index contributed by atoms with van der Waals surface area (Å²) in [4.78, 5) is 4.48. The molecule has 0 spiro atoms. The van der Waals surface area contributed by atoms with E-state index in [4.69, 9.17) is 10.3 Å². The fourth-order valence-corrected chi connectivity index (χ4v) is 3.92. The third kappa shape index (κ3) is 1.99. The molecule has 4 rings (SSSR count). The lowest BCUT2D eigenvalue weighted by Gasteiger charge is -2.24. The third-order valence-corrected chi connectivity index (χ3v) is 5.14. The first-order valence-corrected chi connectivity index (χ1v) is 7.49. The zero-order valence-electron chi connectivity index (χ0n) is 11.9. The molecule has 2 aliphatic carbocycles. The largest absolute Gasteiger partial charge is 0.339 e. The van der Waals surface area contributed by atoms with Gasteiger partial charge in [0.2, 0.25) is 11.7 Å². The van der Waals surface area contributed by atoms with Crippen LogP contribution in [0, 0.1) is 24.6 Å². The number of benzene rings is 1. The summed E-state index contributed by atoms with van der Waals surface area (Å²) in [5.74, 6) is 2.13. The van der Waals surface area contributed by atoms with E-state index >= 15 is 0 Å². The second kappa shape index (κ2) is 4.63. The maximum absolute atomic E-state index is 13.7. The Bertz CT molecular complexity index is 682. The minimum absolute atomic E-state index is 0.117. The van der Waals surface area contributed by atoms with Crippen LogP contribution in [0.4, 0.5) is 4.39 Å². The Hall–Kier alpha value is -1.75. The quantitative estimate of drug-likeness (QED) is 0.922. The number of nitrogens with zero attached hydrogens (tertiary/aromatic N) is 2. The lowest BCUT2D eigenvalue weighted by molar-refractivity contribution is 0.279. The lowest BCUT2D eigenvalue weighted by Crippen LogP contribution is -2.34. The first kappa shape index (κ1) is 13.0. The molecule has 2 aliphatic rings. The van der Waals surface area contributed by atoms with Gasteiger partial charge in [-0.3, -0.25) is 0 Å². The van der Waals surface area contributed by atoms with Gasteiger partial charge in [-0.05, 0) is 49.7 Å². The van der Waals surface area contributed by atoms with Gasteiger partial charge in [0.1, 0.15) is 5.82 Å². The highest BCUT2D eigenvalue weighted by Gasteiger charge is 2.48. The van der Waals surface area contributed by atoms with Crippen LogP contribution >= 0.6 is 0 Å². The Kier molecular flexibility index (Phi) is 2.85. The number of aromatic nitrogens is 2. The Morgan fingerprint density at radius 3 is 2.81 bits per heavy atom. The van der Waals surface area contributed by atoms with Crippen LogP contribution in [0.1, 0.15) is 36.6 Å². The van der Waals surface area contributed by atoms with Crippen molar-refractivity contribution >= 4 is 0 Å². The summed E-state index contributed by atoms with van der Waals surface area (Å²) in [6.45, 7) is 1.73. The van der Waals surface area contributed by atoms with Crippen molar-refractivity contribution < 1.29 is 8.91 Å². The van der Waals surface area contributed by atoms with Gasteiger partial charge < -0.3 is 10.3 Å². The van der Waals surface area contributed by atoms with Crippen molar-refractivity contribution in [2.45, 2.75) is 38.1 Å². The van der Waals surface area contributed by atoms with Gasteiger partial charge >= 0.3 is 0 Å². The summed E-state index contributed by atoms with van der Waals surface area (Å²) >= 11 is 0. The highest BCUT2D eigenvalue weighted by atomic mass is 19.1. The Labute approximate surface area is 122 Å². The average molecular weight is 287 g/mol. The van der Waals surface area contributed by atoms with Gasteiger partial charge in [0.25, 0.3) is 0 Å². The molecule has 2 fully saturated rings. The summed E-state index contributed by atoms with van der Waals surface area (Å²) < 4.78 is 19.1. The van der Waals surface area contributed by atoms with Gasteiger partial charge in [-0.15, -0.1) is 0 Å². The zero-order valence-corrected chi connectivity index (χ0v) is 11.9. The maximum atomic E-state index is 13.7. The molecule has 5 heteroatoms. The van der Waals surface area contributed by atoms with Gasteiger partial charge in [-0.1, -0.05) is 17.3 Å². The van der Waals surface area contributed by atoms with Crippen molar-refractivity contribution in [3.63, 3.8) is 0 Å². The van der Waals surface area contributed by atoms with Crippen LogP contribution in [0.2, 0.25) is 0 Å². The van der Waals surface area contributed by atoms with Crippen LogP contribution in [0.3, 0.4) is 0 Å². The summed E-state index contributed by atoms with van der Waals surface area (Å²) in [7, 11) is 0. The molecular weight excluding hydrogens is 269 g/mol. The van der Waals surface area contributed by atoms with Crippen molar-refractivity contribution in [1.29, 1.82) is 0 Å². The molecule has 0 radical (unpaired) electrons. The first-order valence-electron chi connectivity index (χ1n) is 7.49. The van der Waals surface area contributed by atoms with Crippen LogP contribution in [0.15, 0.2) is 22.7 Å². The monoisotopic (exact) mass is 287 g/mol. The molecule has 4 atom stereocenters. The normalized spacial score (nSPS) is 31.0. The van der Waals surface area contributed by atoms with Crippen LogP contribution in [0.5, 0.6) is 0 Å². The molecule has 1 heterocycles. The van der Waals surface area contributed by atoms with Crippen LogP contribution in [-0.2, 0) is 0 Å². The molecule has 2 saturated carbocycles. The molecule has 0 saturated heterocycles. The first-order chi connectivity index (χ1) is 10.1. The molecule has 0 aliphatic heterocycles. The van der Waals surface area contributed by atoms with E-state index in [0.717, 1.165) is 0 Å². The number of halogens is 1. The van der Waals surface area contributed by atoms with E-state index < -0.39 is 0 Å². The smallest absolute Gasteiger partial charge is 0.231 e. The van der Waals surface area contributed by atoms with Gasteiger partial charge in [-0.2, -0.15) is 4.98 Å².